The number of aromatic nitrogens is 6. The number of imidazole rings is 1. The quantitative estimate of drug-likeness (QED) is 0.726. The van der Waals surface area contributed by atoms with Crippen molar-refractivity contribution in [3.63, 3.8) is 0 Å². The van der Waals surface area contributed by atoms with Crippen molar-refractivity contribution >= 4 is 0 Å². The minimum atomic E-state index is 0.365. The van der Waals surface area contributed by atoms with E-state index in [0.717, 1.165) is 55.3 Å². The summed E-state index contributed by atoms with van der Waals surface area (Å²) < 4.78 is 1.99. The Kier molecular flexibility index (Phi) is 4.47. The maximum absolute atomic E-state index is 4.68. The monoisotopic (exact) mass is 335 g/mol. The molecule has 0 saturated carbocycles. The zero-order valence-electron chi connectivity index (χ0n) is 14.3. The lowest BCUT2D eigenvalue weighted by Gasteiger charge is -2.32. The molecule has 0 aromatic carbocycles. The number of piperidine rings is 1. The molecule has 4 heterocycles. The number of rotatable bonds is 4. The molecule has 1 aliphatic rings. The van der Waals surface area contributed by atoms with Crippen LogP contribution in [0.3, 0.4) is 0 Å². The van der Waals surface area contributed by atoms with Crippen molar-refractivity contribution in [3.05, 3.63) is 54.9 Å². The SMILES string of the molecule is Cn1cncc1-c1nccnc1[C@@H]1CCCN(Cc2cnccn2)C1. The molecular weight excluding hydrogens is 314 g/mol. The van der Waals surface area contributed by atoms with Crippen LogP contribution in [0.1, 0.15) is 30.1 Å². The zero-order chi connectivity index (χ0) is 17.1. The van der Waals surface area contributed by atoms with E-state index < -0.39 is 0 Å². The highest BCUT2D eigenvalue weighted by Gasteiger charge is 2.26. The predicted octanol–water partition coefficient (Wildman–Crippen LogP) is 2.05. The van der Waals surface area contributed by atoms with Crippen LogP contribution >= 0.6 is 0 Å². The molecule has 1 fully saturated rings. The summed E-state index contributed by atoms with van der Waals surface area (Å²) in [5.74, 6) is 0.365. The van der Waals surface area contributed by atoms with Crippen LogP contribution < -0.4 is 0 Å². The number of hydrogen-bond acceptors (Lipinski definition) is 6. The lowest BCUT2D eigenvalue weighted by atomic mass is 9.92. The summed E-state index contributed by atoms with van der Waals surface area (Å²) in [6.07, 6.45) is 14.8. The van der Waals surface area contributed by atoms with E-state index in [1.807, 2.05) is 24.0 Å². The maximum atomic E-state index is 4.68. The zero-order valence-corrected chi connectivity index (χ0v) is 14.3. The Bertz CT molecular complexity index is 830. The van der Waals surface area contributed by atoms with Crippen LogP contribution in [0.25, 0.3) is 11.4 Å². The molecule has 4 rings (SSSR count). The summed E-state index contributed by atoms with van der Waals surface area (Å²) in [4.78, 5) is 24.5. The average Bonchev–Trinajstić information content (AvgIpc) is 3.09. The van der Waals surface area contributed by atoms with Crippen LogP contribution in [0.4, 0.5) is 0 Å². The Morgan fingerprint density at radius 1 is 1.04 bits per heavy atom. The number of nitrogens with zero attached hydrogens (tertiary/aromatic N) is 7. The van der Waals surface area contributed by atoms with E-state index in [2.05, 4.69) is 29.8 Å². The Hall–Kier alpha value is -2.67. The molecule has 1 aliphatic heterocycles. The van der Waals surface area contributed by atoms with E-state index in [-0.39, 0.29) is 0 Å². The lowest BCUT2D eigenvalue weighted by molar-refractivity contribution is 0.196. The van der Waals surface area contributed by atoms with Crippen molar-refractivity contribution < 1.29 is 0 Å². The molecule has 0 bridgehead atoms. The maximum Gasteiger partial charge on any atom is 0.110 e. The van der Waals surface area contributed by atoms with Crippen LogP contribution in [0.5, 0.6) is 0 Å². The molecule has 0 N–H and O–H groups in total. The Labute approximate surface area is 146 Å². The molecular formula is C18H21N7. The van der Waals surface area contributed by atoms with Gasteiger partial charge in [0.2, 0.25) is 0 Å². The smallest absolute Gasteiger partial charge is 0.110 e. The largest absolute Gasteiger partial charge is 0.332 e. The summed E-state index contributed by atoms with van der Waals surface area (Å²) in [5.41, 5.74) is 4.02. The fraction of sp³-hybridized carbons (Fsp3) is 0.389. The third-order valence-electron chi connectivity index (χ3n) is 4.68. The summed E-state index contributed by atoms with van der Waals surface area (Å²) in [6, 6.07) is 0. The number of aryl methyl sites for hydroxylation is 1. The first-order valence-electron chi connectivity index (χ1n) is 8.56. The Morgan fingerprint density at radius 3 is 2.72 bits per heavy atom. The van der Waals surface area contributed by atoms with Gasteiger partial charge in [0.1, 0.15) is 5.69 Å². The third kappa shape index (κ3) is 3.41. The van der Waals surface area contributed by atoms with Gasteiger partial charge in [-0.3, -0.25) is 24.8 Å². The van der Waals surface area contributed by atoms with Gasteiger partial charge < -0.3 is 4.57 Å². The highest BCUT2D eigenvalue weighted by Crippen LogP contribution is 2.31. The second-order valence-electron chi connectivity index (χ2n) is 6.45. The van der Waals surface area contributed by atoms with E-state index in [9.17, 15) is 0 Å². The fourth-order valence-corrected chi connectivity index (χ4v) is 3.49. The van der Waals surface area contributed by atoms with Gasteiger partial charge in [-0.05, 0) is 19.4 Å². The van der Waals surface area contributed by atoms with Gasteiger partial charge in [-0.15, -0.1) is 0 Å². The molecule has 1 atom stereocenters. The number of likely N-dealkylation sites (tertiary alicyclic amines) is 1. The van der Waals surface area contributed by atoms with E-state index in [1.54, 1.807) is 31.1 Å². The third-order valence-corrected chi connectivity index (χ3v) is 4.68. The van der Waals surface area contributed by atoms with E-state index >= 15 is 0 Å². The van der Waals surface area contributed by atoms with Crippen molar-refractivity contribution in [2.45, 2.75) is 25.3 Å². The summed E-state index contributed by atoms with van der Waals surface area (Å²) in [6.45, 7) is 2.86. The van der Waals surface area contributed by atoms with Crippen molar-refractivity contribution in [1.82, 2.24) is 34.4 Å². The summed E-state index contributed by atoms with van der Waals surface area (Å²) in [5, 5.41) is 0. The molecule has 0 aliphatic carbocycles. The Balaban J connectivity index is 1.57. The van der Waals surface area contributed by atoms with Crippen molar-refractivity contribution in [3.8, 4) is 11.4 Å². The van der Waals surface area contributed by atoms with Crippen LogP contribution in [0.15, 0.2) is 43.5 Å². The average molecular weight is 335 g/mol. The van der Waals surface area contributed by atoms with Crippen LogP contribution in [0.2, 0.25) is 0 Å². The van der Waals surface area contributed by atoms with Gasteiger partial charge in [0.15, 0.2) is 0 Å². The molecule has 0 spiro atoms. The number of hydrogen-bond donors (Lipinski definition) is 0. The molecule has 25 heavy (non-hydrogen) atoms. The minimum Gasteiger partial charge on any atom is -0.332 e. The van der Waals surface area contributed by atoms with E-state index in [4.69, 9.17) is 0 Å². The highest BCUT2D eigenvalue weighted by molar-refractivity contribution is 5.57. The highest BCUT2D eigenvalue weighted by atomic mass is 15.1. The predicted molar refractivity (Wildman–Crippen MR) is 93.5 cm³/mol. The van der Waals surface area contributed by atoms with E-state index in [0.29, 0.717) is 5.92 Å². The molecule has 0 amide bonds. The molecule has 3 aromatic rings. The molecule has 7 heteroatoms. The standard InChI is InChI=1S/C18H21N7/c1-24-13-20-10-16(24)18-17(22-6-7-23-18)14-3-2-8-25(11-14)12-15-9-19-4-5-21-15/h4-7,9-10,13-14H,2-3,8,11-12H2,1H3/t14-/m1/s1. The van der Waals surface area contributed by atoms with Crippen molar-refractivity contribution in [2.75, 3.05) is 13.1 Å². The van der Waals surface area contributed by atoms with Crippen molar-refractivity contribution in [1.29, 1.82) is 0 Å². The van der Waals surface area contributed by atoms with Crippen LogP contribution in [-0.2, 0) is 13.6 Å². The summed E-state index contributed by atoms with van der Waals surface area (Å²) >= 11 is 0. The first-order valence-corrected chi connectivity index (χ1v) is 8.56. The summed E-state index contributed by atoms with van der Waals surface area (Å²) in [7, 11) is 1.99. The topological polar surface area (TPSA) is 72.6 Å². The first-order chi connectivity index (χ1) is 12.3. The van der Waals surface area contributed by atoms with Crippen LogP contribution in [-0.4, -0.2) is 47.5 Å². The van der Waals surface area contributed by atoms with Gasteiger partial charge in [0, 0.05) is 57.0 Å². The van der Waals surface area contributed by atoms with Crippen molar-refractivity contribution in [2.24, 2.45) is 7.05 Å². The van der Waals surface area contributed by atoms with Gasteiger partial charge >= 0.3 is 0 Å². The first kappa shape index (κ1) is 15.8. The molecule has 0 unspecified atom stereocenters. The fourth-order valence-electron chi connectivity index (χ4n) is 3.49. The molecule has 7 nitrogen and oxygen atoms in total. The van der Waals surface area contributed by atoms with Gasteiger partial charge in [0.25, 0.3) is 0 Å². The minimum absolute atomic E-state index is 0.365. The molecule has 1 saturated heterocycles. The van der Waals surface area contributed by atoms with Gasteiger partial charge in [-0.2, -0.15) is 0 Å². The van der Waals surface area contributed by atoms with Gasteiger partial charge in [0.05, 0.1) is 29.6 Å². The Morgan fingerprint density at radius 2 is 1.92 bits per heavy atom. The molecule has 128 valence electrons. The van der Waals surface area contributed by atoms with E-state index in [1.165, 1.54) is 0 Å². The second-order valence-corrected chi connectivity index (χ2v) is 6.45. The second kappa shape index (κ2) is 7.06. The lowest BCUT2D eigenvalue weighted by Crippen LogP contribution is -2.34. The molecule has 3 aromatic heterocycles. The van der Waals surface area contributed by atoms with Gasteiger partial charge in [-0.1, -0.05) is 0 Å². The normalized spacial score (nSPS) is 18.4. The molecule has 0 radical (unpaired) electrons. The van der Waals surface area contributed by atoms with Gasteiger partial charge in [-0.25, -0.2) is 4.98 Å². The van der Waals surface area contributed by atoms with Crippen LogP contribution in [0, 0.1) is 0 Å².